The average Bonchev–Trinajstić information content (AvgIpc) is 2.48. The first-order valence-electron chi connectivity index (χ1n) is 8.59. The first kappa shape index (κ1) is 16.1. The summed E-state index contributed by atoms with van der Waals surface area (Å²) < 4.78 is 0. The van der Waals surface area contributed by atoms with Gasteiger partial charge in [0.25, 0.3) is 0 Å². The van der Waals surface area contributed by atoms with Crippen LogP contribution in [0.4, 0.5) is 11.6 Å². The number of hydrogen-bond acceptors (Lipinski definition) is 4. The van der Waals surface area contributed by atoms with E-state index in [0.717, 1.165) is 49.2 Å². The molecular formula is C17H30N4. The van der Waals surface area contributed by atoms with Crippen molar-refractivity contribution < 1.29 is 0 Å². The lowest BCUT2D eigenvalue weighted by atomic mass is 9.87. The van der Waals surface area contributed by atoms with E-state index in [-0.39, 0.29) is 0 Å². The van der Waals surface area contributed by atoms with Gasteiger partial charge in [0.15, 0.2) is 0 Å². The van der Waals surface area contributed by atoms with Gasteiger partial charge in [-0.05, 0) is 44.4 Å². The summed E-state index contributed by atoms with van der Waals surface area (Å²) in [5.41, 5.74) is 0. The van der Waals surface area contributed by atoms with Crippen molar-refractivity contribution in [1.82, 2.24) is 9.97 Å². The summed E-state index contributed by atoms with van der Waals surface area (Å²) >= 11 is 0. The number of rotatable bonds is 7. The van der Waals surface area contributed by atoms with E-state index >= 15 is 0 Å². The van der Waals surface area contributed by atoms with Gasteiger partial charge in [-0.3, -0.25) is 0 Å². The van der Waals surface area contributed by atoms with Crippen molar-refractivity contribution in [2.45, 2.75) is 71.8 Å². The molecule has 0 unspecified atom stereocenters. The molecule has 2 N–H and O–H groups in total. The number of anilines is 2. The topological polar surface area (TPSA) is 49.8 Å². The van der Waals surface area contributed by atoms with E-state index in [2.05, 4.69) is 47.4 Å². The van der Waals surface area contributed by atoms with Gasteiger partial charge in [0.1, 0.15) is 17.5 Å². The summed E-state index contributed by atoms with van der Waals surface area (Å²) in [5.74, 6) is 3.78. The zero-order chi connectivity index (χ0) is 15.1. The molecule has 0 saturated heterocycles. The number of aryl methyl sites for hydroxylation is 1. The second-order valence-electron chi connectivity index (χ2n) is 6.33. The summed E-state index contributed by atoms with van der Waals surface area (Å²) in [5, 5.41) is 7.01. The minimum atomic E-state index is 0.574. The highest BCUT2D eigenvalue weighted by Crippen LogP contribution is 2.26. The minimum absolute atomic E-state index is 0.574. The lowest BCUT2D eigenvalue weighted by molar-refractivity contribution is 0.360. The van der Waals surface area contributed by atoms with E-state index in [1.165, 1.54) is 25.7 Å². The van der Waals surface area contributed by atoms with Gasteiger partial charge in [-0.15, -0.1) is 0 Å². The molecule has 1 heterocycles. The highest BCUT2D eigenvalue weighted by atomic mass is 15.1. The minimum Gasteiger partial charge on any atom is -0.370 e. The molecule has 1 aromatic heterocycles. The fourth-order valence-electron chi connectivity index (χ4n) is 2.86. The van der Waals surface area contributed by atoms with Crippen LogP contribution in [0.1, 0.15) is 65.1 Å². The third-order valence-electron chi connectivity index (χ3n) is 4.17. The summed E-state index contributed by atoms with van der Waals surface area (Å²) in [6.45, 7) is 7.66. The monoisotopic (exact) mass is 290 g/mol. The quantitative estimate of drug-likeness (QED) is 0.788. The van der Waals surface area contributed by atoms with E-state index in [0.29, 0.717) is 6.04 Å². The van der Waals surface area contributed by atoms with Crippen molar-refractivity contribution in [2.75, 3.05) is 17.2 Å². The second-order valence-corrected chi connectivity index (χ2v) is 6.33. The lowest BCUT2D eigenvalue weighted by Crippen LogP contribution is -2.26. The van der Waals surface area contributed by atoms with E-state index in [1.807, 2.05) is 0 Å². The average molecular weight is 290 g/mol. The van der Waals surface area contributed by atoms with Crippen LogP contribution in [0.25, 0.3) is 0 Å². The van der Waals surface area contributed by atoms with Crippen LogP contribution < -0.4 is 10.6 Å². The molecule has 0 bridgehead atoms. The summed E-state index contributed by atoms with van der Waals surface area (Å²) in [6, 6.07) is 2.64. The molecule has 0 spiro atoms. The van der Waals surface area contributed by atoms with Crippen molar-refractivity contribution >= 4 is 11.6 Å². The maximum Gasteiger partial charge on any atom is 0.133 e. The van der Waals surface area contributed by atoms with E-state index in [9.17, 15) is 0 Å². The molecule has 4 nitrogen and oxygen atoms in total. The third kappa shape index (κ3) is 5.18. The number of aromatic nitrogens is 2. The molecule has 4 heteroatoms. The number of nitrogens with one attached hydrogen (secondary N) is 2. The Morgan fingerprint density at radius 2 is 1.76 bits per heavy atom. The van der Waals surface area contributed by atoms with Gasteiger partial charge in [-0.1, -0.05) is 20.8 Å². The Bertz CT molecular complexity index is 425. The Balaban J connectivity index is 2.03. The molecule has 0 aromatic carbocycles. The first-order chi connectivity index (χ1) is 10.2. The number of hydrogen-bond donors (Lipinski definition) is 2. The highest BCUT2D eigenvalue weighted by molar-refractivity contribution is 5.48. The van der Waals surface area contributed by atoms with Gasteiger partial charge in [-0.2, -0.15) is 0 Å². The van der Waals surface area contributed by atoms with Gasteiger partial charge >= 0.3 is 0 Å². The zero-order valence-electron chi connectivity index (χ0n) is 13.8. The van der Waals surface area contributed by atoms with E-state index in [4.69, 9.17) is 0 Å². The fourth-order valence-corrected chi connectivity index (χ4v) is 2.86. The van der Waals surface area contributed by atoms with Gasteiger partial charge in [0.05, 0.1) is 0 Å². The van der Waals surface area contributed by atoms with Gasteiger partial charge < -0.3 is 10.6 Å². The fraction of sp³-hybridized carbons (Fsp3) is 0.765. The predicted octanol–water partition coefficient (Wildman–Crippen LogP) is 4.24. The van der Waals surface area contributed by atoms with Crippen molar-refractivity contribution in [3.63, 3.8) is 0 Å². The normalized spacial score (nSPS) is 22.0. The van der Waals surface area contributed by atoms with Crippen LogP contribution in [0, 0.1) is 5.92 Å². The van der Waals surface area contributed by atoms with Crippen molar-refractivity contribution in [2.24, 2.45) is 5.92 Å². The molecule has 1 aliphatic carbocycles. The molecular weight excluding hydrogens is 260 g/mol. The standard InChI is InChI=1S/C17H30N4/c1-4-6-15-20-16(18-11-5-2)12-17(21-15)19-14-9-7-13(3)8-10-14/h12-14H,4-11H2,1-3H3,(H2,18,19,20,21). The Kier molecular flexibility index (Phi) is 6.27. The molecule has 0 aliphatic heterocycles. The lowest BCUT2D eigenvalue weighted by Gasteiger charge is -2.27. The molecule has 1 saturated carbocycles. The second kappa shape index (κ2) is 8.20. The molecule has 2 rings (SSSR count). The summed E-state index contributed by atoms with van der Waals surface area (Å²) in [4.78, 5) is 9.29. The molecule has 0 radical (unpaired) electrons. The Morgan fingerprint density at radius 3 is 2.43 bits per heavy atom. The molecule has 0 atom stereocenters. The summed E-state index contributed by atoms with van der Waals surface area (Å²) in [6.07, 6.45) is 8.29. The molecule has 118 valence electrons. The molecule has 1 fully saturated rings. The Labute approximate surface area is 129 Å². The molecule has 0 amide bonds. The van der Waals surface area contributed by atoms with Gasteiger partial charge in [-0.25, -0.2) is 9.97 Å². The van der Waals surface area contributed by atoms with Crippen LogP contribution in [0.2, 0.25) is 0 Å². The van der Waals surface area contributed by atoms with Crippen LogP contribution in [0.15, 0.2) is 6.07 Å². The van der Waals surface area contributed by atoms with Crippen LogP contribution in [-0.2, 0) is 6.42 Å². The predicted molar refractivity (Wildman–Crippen MR) is 89.9 cm³/mol. The van der Waals surface area contributed by atoms with Gasteiger partial charge in [0.2, 0.25) is 0 Å². The maximum absolute atomic E-state index is 4.68. The molecule has 1 aromatic rings. The summed E-state index contributed by atoms with van der Waals surface area (Å²) in [7, 11) is 0. The van der Waals surface area contributed by atoms with Crippen molar-refractivity contribution in [1.29, 1.82) is 0 Å². The molecule has 21 heavy (non-hydrogen) atoms. The van der Waals surface area contributed by atoms with E-state index < -0.39 is 0 Å². The number of nitrogens with zero attached hydrogens (tertiary/aromatic N) is 2. The SMILES string of the molecule is CCCNc1cc(NC2CCC(C)CC2)nc(CCC)n1. The van der Waals surface area contributed by atoms with Gasteiger partial charge in [0, 0.05) is 25.1 Å². The van der Waals surface area contributed by atoms with Crippen LogP contribution >= 0.6 is 0 Å². The highest BCUT2D eigenvalue weighted by Gasteiger charge is 2.18. The third-order valence-corrected chi connectivity index (χ3v) is 4.17. The Morgan fingerprint density at radius 1 is 1.05 bits per heavy atom. The smallest absolute Gasteiger partial charge is 0.133 e. The van der Waals surface area contributed by atoms with Crippen molar-refractivity contribution in [3.8, 4) is 0 Å². The molecule has 1 aliphatic rings. The first-order valence-corrected chi connectivity index (χ1v) is 8.59. The Hall–Kier alpha value is -1.32. The van der Waals surface area contributed by atoms with Crippen LogP contribution in [0.3, 0.4) is 0 Å². The largest absolute Gasteiger partial charge is 0.370 e. The van der Waals surface area contributed by atoms with Crippen molar-refractivity contribution in [3.05, 3.63) is 11.9 Å². The van der Waals surface area contributed by atoms with Crippen LogP contribution in [0.5, 0.6) is 0 Å². The van der Waals surface area contributed by atoms with E-state index in [1.54, 1.807) is 0 Å². The maximum atomic E-state index is 4.68. The zero-order valence-corrected chi connectivity index (χ0v) is 13.8. The van der Waals surface area contributed by atoms with Crippen LogP contribution in [-0.4, -0.2) is 22.6 Å².